The van der Waals surface area contributed by atoms with Crippen molar-refractivity contribution in [1.29, 1.82) is 0 Å². The van der Waals surface area contributed by atoms with Crippen molar-refractivity contribution in [1.82, 2.24) is 14.7 Å². The van der Waals surface area contributed by atoms with Crippen molar-refractivity contribution in [2.24, 2.45) is 0 Å². The van der Waals surface area contributed by atoms with E-state index in [9.17, 15) is 18.0 Å². The largest absolute Gasteiger partial charge is 0.410 e. The van der Waals surface area contributed by atoms with Gasteiger partial charge < -0.3 is 10.2 Å². The molecule has 4 rings (SSSR count). The summed E-state index contributed by atoms with van der Waals surface area (Å²) in [6, 6.07) is 5.10. The smallest absolute Gasteiger partial charge is 0.363 e. The van der Waals surface area contributed by atoms with Crippen LogP contribution in [-0.2, 0) is 0 Å². The van der Waals surface area contributed by atoms with Crippen molar-refractivity contribution in [2.45, 2.75) is 31.6 Å². The average molecular weight is 410 g/mol. The number of fused-ring (bicyclic) bond motifs is 1. The Bertz CT molecular complexity index is 859. The Morgan fingerprint density at radius 2 is 1.89 bits per heavy atom. The number of amides is 1. The van der Waals surface area contributed by atoms with E-state index in [0.717, 1.165) is 27.3 Å². The van der Waals surface area contributed by atoms with E-state index < -0.39 is 18.3 Å². The second-order valence-electron chi connectivity index (χ2n) is 7.16. The van der Waals surface area contributed by atoms with Gasteiger partial charge in [0.15, 0.2) is 6.04 Å². The molecule has 0 spiro atoms. The van der Waals surface area contributed by atoms with E-state index in [2.05, 4.69) is 10.4 Å². The molecule has 2 atom stereocenters. The number of aromatic nitrogens is 2. The maximum atomic E-state index is 13.8. The number of halogens is 3. The third kappa shape index (κ3) is 3.59. The minimum absolute atomic E-state index is 0.155. The monoisotopic (exact) mass is 410 g/mol. The van der Waals surface area contributed by atoms with E-state index in [4.69, 9.17) is 0 Å². The molecule has 150 valence electrons. The molecule has 9 heteroatoms. The predicted molar refractivity (Wildman–Crippen MR) is 103 cm³/mol. The molecule has 2 aliphatic rings. The molecule has 2 aromatic rings. The number of carbonyl (C=O) groups is 1. The van der Waals surface area contributed by atoms with Gasteiger partial charge in [-0.1, -0.05) is 29.8 Å². The summed E-state index contributed by atoms with van der Waals surface area (Å²) in [6.45, 7) is 3.12. The van der Waals surface area contributed by atoms with Gasteiger partial charge in [0, 0.05) is 31.0 Å². The molecule has 5 nitrogen and oxygen atoms in total. The zero-order valence-electron chi connectivity index (χ0n) is 15.4. The van der Waals surface area contributed by atoms with Gasteiger partial charge in [0.05, 0.1) is 12.2 Å². The van der Waals surface area contributed by atoms with E-state index >= 15 is 0 Å². The standard InChI is InChI=1S/C19H21F3N4OS/c1-12-2-4-13(5-3-12)15-10-16(19(20,21)22)26-17(24-15)14(11-23-26)18(27)25-6-8-28-9-7-25/h2-5,11,15-16,24H,6-10H2,1H3. The highest BCUT2D eigenvalue weighted by Gasteiger charge is 2.47. The molecule has 1 N–H and O–H groups in total. The molecule has 2 unspecified atom stereocenters. The first-order chi connectivity index (χ1) is 13.3. The highest BCUT2D eigenvalue weighted by Crippen LogP contribution is 2.44. The second-order valence-corrected chi connectivity index (χ2v) is 8.38. The Balaban J connectivity index is 1.70. The van der Waals surface area contributed by atoms with Crippen molar-refractivity contribution in [3.8, 4) is 0 Å². The van der Waals surface area contributed by atoms with E-state index in [1.807, 2.05) is 31.2 Å². The molecule has 1 fully saturated rings. The molecule has 1 aromatic heterocycles. The van der Waals surface area contributed by atoms with Gasteiger partial charge in [-0.3, -0.25) is 4.79 Å². The summed E-state index contributed by atoms with van der Waals surface area (Å²) < 4.78 is 42.2. The van der Waals surface area contributed by atoms with Crippen LogP contribution in [0.15, 0.2) is 30.5 Å². The molecule has 0 aliphatic carbocycles. The number of hydrogen-bond donors (Lipinski definition) is 1. The summed E-state index contributed by atoms with van der Waals surface area (Å²) in [7, 11) is 0. The molecule has 0 radical (unpaired) electrons. The number of hydrogen-bond acceptors (Lipinski definition) is 4. The van der Waals surface area contributed by atoms with Crippen LogP contribution in [0.4, 0.5) is 19.0 Å². The Morgan fingerprint density at radius 3 is 2.54 bits per heavy atom. The fourth-order valence-corrected chi connectivity index (χ4v) is 4.58. The van der Waals surface area contributed by atoms with Gasteiger partial charge >= 0.3 is 6.18 Å². The molecule has 0 bridgehead atoms. The predicted octanol–water partition coefficient (Wildman–Crippen LogP) is 4.04. The number of thioether (sulfide) groups is 1. The molecule has 2 aliphatic heterocycles. The first-order valence-corrected chi connectivity index (χ1v) is 10.3. The zero-order valence-corrected chi connectivity index (χ0v) is 16.2. The Morgan fingerprint density at radius 1 is 1.21 bits per heavy atom. The maximum Gasteiger partial charge on any atom is 0.410 e. The van der Waals surface area contributed by atoms with Crippen molar-refractivity contribution in [3.63, 3.8) is 0 Å². The summed E-state index contributed by atoms with van der Waals surface area (Å²) in [5.74, 6) is 1.56. The van der Waals surface area contributed by atoms with Gasteiger partial charge in [-0.15, -0.1) is 0 Å². The first-order valence-electron chi connectivity index (χ1n) is 9.19. The van der Waals surface area contributed by atoms with Crippen LogP contribution >= 0.6 is 11.8 Å². The number of alkyl halides is 3. The topological polar surface area (TPSA) is 50.2 Å². The van der Waals surface area contributed by atoms with Gasteiger partial charge in [-0.25, -0.2) is 4.68 Å². The molecular formula is C19H21F3N4OS. The minimum Gasteiger partial charge on any atom is -0.363 e. The fraction of sp³-hybridized carbons (Fsp3) is 0.474. The van der Waals surface area contributed by atoms with Crippen LogP contribution in [0.5, 0.6) is 0 Å². The van der Waals surface area contributed by atoms with Crippen LogP contribution in [0.3, 0.4) is 0 Å². The zero-order chi connectivity index (χ0) is 19.9. The quantitative estimate of drug-likeness (QED) is 0.812. The number of aryl methyl sites for hydroxylation is 1. The van der Waals surface area contributed by atoms with Crippen molar-refractivity contribution < 1.29 is 18.0 Å². The number of carbonyl (C=O) groups excluding carboxylic acids is 1. The van der Waals surface area contributed by atoms with Crippen molar-refractivity contribution >= 4 is 23.5 Å². The lowest BCUT2D eigenvalue weighted by Gasteiger charge is -2.34. The lowest BCUT2D eigenvalue weighted by atomic mass is 9.96. The van der Waals surface area contributed by atoms with Gasteiger partial charge in [-0.05, 0) is 12.5 Å². The second kappa shape index (κ2) is 7.35. The average Bonchev–Trinajstić information content (AvgIpc) is 3.11. The molecule has 1 saturated heterocycles. The SMILES string of the molecule is Cc1ccc(C2CC(C(F)(F)F)n3ncc(C(=O)N4CCSCC4)c3N2)cc1. The number of nitrogens with one attached hydrogen (secondary N) is 1. The highest BCUT2D eigenvalue weighted by atomic mass is 32.2. The maximum absolute atomic E-state index is 13.8. The molecule has 0 saturated carbocycles. The van der Waals surface area contributed by atoms with Crippen LogP contribution in [0.2, 0.25) is 0 Å². The Labute approximate surface area is 165 Å². The number of benzene rings is 1. The highest BCUT2D eigenvalue weighted by molar-refractivity contribution is 7.99. The van der Waals surface area contributed by atoms with Crippen LogP contribution in [-0.4, -0.2) is 51.4 Å². The normalized spacial score (nSPS) is 22.5. The van der Waals surface area contributed by atoms with Gasteiger partial charge in [0.25, 0.3) is 5.91 Å². The minimum atomic E-state index is -4.45. The number of nitrogens with zero attached hydrogens (tertiary/aromatic N) is 3. The third-order valence-corrected chi connectivity index (χ3v) is 6.19. The first kappa shape index (κ1) is 19.2. The fourth-order valence-electron chi connectivity index (χ4n) is 3.67. The lowest BCUT2D eigenvalue weighted by molar-refractivity contribution is -0.173. The summed E-state index contributed by atoms with van der Waals surface area (Å²) in [4.78, 5) is 14.6. The number of anilines is 1. The van der Waals surface area contributed by atoms with Gasteiger partial charge in [-0.2, -0.15) is 30.0 Å². The molecule has 28 heavy (non-hydrogen) atoms. The summed E-state index contributed by atoms with van der Waals surface area (Å²) >= 11 is 1.77. The van der Waals surface area contributed by atoms with Gasteiger partial charge in [0.2, 0.25) is 0 Å². The van der Waals surface area contributed by atoms with Crippen molar-refractivity contribution in [3.05, 3.63) is 47.2 Å². The van der Waals surface area contributed by atoms with Crippen LogP contribution in [0.25, 0.3) is 0 Å². The van der Waals surface area contributed by atoms with E-state index in [-0.39, 0.29) is 23.7 Å². The lowest BCUT2D eigenvalue weighted by Crippen LogP contribution is -2.39. The van der Waals surface area contributed by atoms with Crippen molar-refractivity contribution in [2.75, 3.05) is 29.9 Å². The van der Waals surface area contributed by atoms with Gasteiger partial charge in [0.1, 0.15) is 11.4 Å². The summed E-state index contributed by atoms with van der Waals surface area (Å²) in [6.07, 6.45) is -3.36. The molecule has 3 heterocycles. The summed E-state index contributed by atoms with van der Waals surface area (Å²) in [5.41, 5.74) is 2.01. The Hall–Kier alpha value is -2.16. The molecule has 1 amide bonds. The summed E-state index contributed by atoms with van der Waals surface area (Å²) in [5, 5.41) is 7.10. The Kier molecular flexibility index (Phi) is 5.03. The van der Waals surface area contributed by atoms with E-state index in [1.54, 1.807) is 16.7 Å². The van der Waals surface area contributed by atoms with E-state index in [0.29, 0.717) is 13.1 Å². The van der Waals surface area contributed by atoms with Crippen LogP contribution < -0.4 is 5.32 Å². The third-order valence-electron chi connectivity index (χ3n) is 5.25. The van der Waals surface area contributed by atoms with Crippen LogP contribution in [0.1, 0.15) is 40.0 Å². The van der Waals surface area contributed by atoms with E-state index in [1.165, 1.54) is 6.20 Å². The number of rotatable bonds is 2. The van der Waals surface area contributed by atoms with Crippen LogP contribution in [0, 0.1) is 6.92 Å². The molecule has 1 aromatic carbocycles. The molecular weight excluding hydrogens is 389 g/mol.